The molecule has 0 aliphatic heterocycles. The summed E-state index contributed by atoms with van der Waals surface area (Å²) in [6.45, 7) is 2.23. The Kier molecular flexibility index (Phi) is 6.63. The lowest BCUT2D eigenvalue weighted by molar-refractivity contribution is 0.289. The summed E-state index contributed by atoms with van der Waals surface area (Å²) < 4.78 is 13.8. The molecule has 3 aromatic rings. The lowest BCUT2D eigenvalue weighted by atomic mass is 9.73. The van der Waals surface area contributed by atoms with Crippen molar-refractivity contribution in [3.05, 3.63) is 71.7 Å². The van der Waals surface area contributed by atoms with Gasteiger partial charge in [0.25, 0.3) is 0 Å². The quantitative estimate of drug-likeness (QED) is 0.352. The molecule has 1 atom stereocenters. The second kappa shape index (κ2) is 9.58. The van der Waals surface area contributed by atoms with E-state index in [4.69, 9.17) is 18.6 Å². The number of pyridine rings is 1. The Labute approximate surface area is 189 Å². The van der Waals surface area contributed by atoms with Gasteiger partial charge in [0.2, 0.25) is 0 Å². The van der Waals surface area contributed by atoms with Crippen molar-refractivity contribution < 1.29 is 4.39 Å². The molecule has 1 N–H and O–H groups in total. The molecule has 1 aliphatic carbocycles. The van der Waals surface area contributed by atoms with E-state index in [2.05, 4.69) is 29.2 Å². The summed E-state index contributed by atoms with van der Waals surface area (Å²) in [5.74, 6) is 3.78. The van der Waals surface area contributed by atoms with Crippen molar-refractivity contribution in [2.24, 2.45) is 11.8 Å². The predicted octanol–water partition coefficient (Wildman–Crippen LogP) is 6.90. The fourth-order valence-corrected chi connectivity index (χ4v) is 5.03. The van der Waals surface area contributed by atoms with Crippen molar-refractivity contribution in [1.82, 2.24) is 4.98 Å². The van der Waals surface area contributed by atoms with Crippen LogP contribution in [0, 0.1) is 30.0 Å². The minimum atomic E-state index is -0.201. The van der Waals surface area contributed by atoms with Crippen LogP contribution in [0.5, 0.6) is 0 Å². The van der Waals surface area contributed by atoms with Crippen molar-refractivity contribution in [2.75, 3.05) is 5.32 Å². The molecule has 0 saturated heterocycles. The third-order valence-corrected chi connectivity index (χ3v) is 7.07. The van der Waals surface area contributed by atoms with Crippen LogP contribution in [-0.2, 0) is 6.42 Å². The molecule has 1 aromatic heterocycles. The Morgan fingerprint density at radius 3 is 2.61 bits per heavy atom. The van der Waals surface area contributed by atoms with E-state index in [9.17, 15) is 4.39 Å². The minimum absolute atomic E-state index is 0.201. The molecule has 0 bridgehead atoms. The van der Waals surface area contributed by atoms with E-state index in [0.717, 1.165) is 52.8 Å². The van der Waals surface area contributed by atoms with Crippen molar-refractivity contribution in [1.29, 1.82) is 0 Å². The van der Waals surface area contributed by atoms with Gasteiger partial charge in [-0.25, -0.2) is 4.39 Å². The zero-order valence-corrected chi connectivity index (χ0v) is 18.6. The van der Waals surface area contributed by atoms with Gasteiger partial charge in [0.05, 0.1) is 10.5 Å². The maximum Gasteiger partial charge on any atom is 0.123 e. The highest BCUT2D eigenvalue weighted by atomic mass is 32.1. The standard InChI is InChI=1S/C27H27FN2S/c1-3-4-19-5-12-23(13-6-19)30-27(31)18(2)20-7-9-21(10-8-20)24-15-16-29-26-14-11-22(28)17-25(24)26/h1,5-6,11-18,20-21H,4,7-10H2,2H3,(H,30,31). The van der Waals surface area contributed by atoms with E-state index in [1.54, 1.807) is 12.1 Å². The van der Waals surface area contributed by atoms with Crippen LogP contribution in [0.25, 0.3) is 10.9 Å². The number of terminal acetylenes is 1. The number of nitrogens with one attached hydrogen (secondary N) is 1. The number of benzene rings is 2. The summed E-state index contributed by atoms with van der Waals surface area (Å²) in [4.78, 5) is 5.29. The molecule has 1 unspecified atom stereocenters. The van der Waals surface area contributed by atoms with Crippen LogP contribution in [0.1, 0.15) is 49.7 Å². The van der Waals surface area contributed by atoms with Gasteiger partial charge in [0, 0.05) is 29.6 Å². The second-order valence-corrected chi connectivity index (χ2v) is 8.97. The Balaban J connectivity index is 1.38. The van der Waals surface area contributed by atoms with Gasteiger partial charge in [-0.1, -0.05) is 31.3 Å². The first kappa shape index (κ1) is 21.5. The number of rotatable bonds is 5. The van der Waals surface area contributed by atoms with Gasteiger partial charge in [-0.2, -0.15) is 0 Å². The molecule has 1 heterocycles. The number of nitrogens with zero attached hydrogens (tertiary/aromatic N) is 1. The minimum Gasteiger partial charge on any atom is -0.350 e. The summed E-state index contributed by atoms with van der Waals surface area (Å²) in [5.41, 5.74) is 4.24. The van der Waals surface area contributed by atoms with Crippen LogP contribution in [0.4, 0.5) is 10.1 Å². The molecule has 0 amide bonds. The Bertz CT molecular complexity index is 1110. The highest BCUT2D eigenvalue weighted by molar-refractivity contribution is 7.80. The molecule has 2 aromatic carbocycles. The topological polar surface area (TPSA) is 24.9 Å². The Hall–Kier alpha value is -2.77. The lowest BCUT2D eigenvalue weighted by Gasteiger charge is -2.33. The molecule has 4 heteroatoms. The number of fused-ring (bicyclic) bond motifs is 1. The van der Waals surface area contributed by atoms with Gasteiger partial charge >= 0.3 is 0 Å². The van der Waals surface area contributed by atoms with Gasteiger partial charge in [0.15, 0.2) is 0 Å². The summed E-state index contributed by atoms with van der Waals surface area (Å²) in [6, 6.07) is 15.1. The van der Waals surface area contributed by atoms with Crippen LogP contribution in [0.2, 0.25) is 0 Å². The highest BCUT2D eigenvalue weighted by Crippen LogP contribution is 2.41. The van der Waals surface area contributed by atoms with Crippen LogP contribution >= 0.6 is 12.2 Å². The first-order valence-corrected chi connectivity index (χ1v) is 11.3. The fraction of sp³-hybridized carbons (Fsp3) is 0.333. The molecule has 0 radical (unpaired) electrons. The third kappa shape index (κ3) is 4.94. The van der Waals surface area contributed by atoms with E-state index in [-0.39, 0.29) is 5.82 Å². The number of thiocarbonyl (C=S) groups is 1. The van der Waals surface area contributed by atoms with E-state index in [1.807, 2.05) is 30.5 Å². The summed E-state index contributed by atoms with van der Waals surface area (Å²) in [5, 5.41) is 4.36. The third-order valence-electron chi connectivity index (χ3n) is 6.60. The van der Waals surface area contributed by atoms with Crippen LogP contribution < -0.4 is 5.32 Å². The van der Waals surface area contributed by atoms with E-state index < -0.39 is 0 Å². The molecular formula is C27H27FN2S. The molecule has 31 heavy (non-hydrogen) atoms. The molecule has 0 spiro atoms. The Morgan fingerprint density at radius 1 is 1.16 bits per heavy atom. The van der Waals surface area contributed by atoms with E-state index in [1.165, 1.54) is 11.6 Å². The zero-order chi connectivity index (χ0) is 21.8. The molecule has 1 saturated carbocycles. The van der Waals surface area contributed by atoms with Crippen LogP contribution in [0.15, 0.2) is 54.7 Å². The smallest absolute Gasteiger partial charge is 0.123 e. The van der Waals surface area contributed by atoms with E-state index >= 15 is 0 Å². The molecule has 4 rings (SSSR count). The summed E-state index contributed by atoms with van der Waals surface area (Å²) in [7, 11) is 0. The largest absolute Gasteiger partial charge is 0.350 e. The number of aromatic nitrogens is 1. The highest BCUT2D eigenvalue weighted by Gasteiger charge is 2.29. The first-order valence-electron chi connectivity index (χ1n) is 10.9. The zero-order valence-electron chi connectivity index (χ0n) is 17.8. The maximum atomic E-state index is 13.8. The van der Waals surface area contributed by atoms with Crippen molar-refractivity contribution in [3.63, 3.8) is 0 Å². The number of halogens is 1. The predicted molar refractivity (Wildman–Crippen MR) is 131 cm³/mol. The van der Waals surface area contributed by atoms with Gasteiger partial charge in [-0.15, -0.1) is 12.3 Å². The van der Waals surface area contributed by atoms with Gasteiger partial charge in [0.1, 0.15) is 5.82 Å². The van der Waals surface area contributed by atoms with Crippen LogP contribution in [-0.4, -0.2) is 9.97 Å². The summed E-state index contributed by atoms with van der Waals surface area (Å²) >= 11 is 5.73. The molecular weight excluding hydrogens is 403 g/mol. The van der Waals surface area contributed by atoms with Gasteiger partial charge in [-0.05, 0) is 85.0 Å². The number of hydrogen-bond acceptors (Lipinski definition) is 2. The monoisotopic (exact) mass is 430 g/mol. The molecule has 1 fully saturated rings. The molecule has 158 valence electrons. The molecule has 2 nitrogen and oxygen atoms in total. The maximum absolute atomic E-state index is 13.8. The van der Waals surface area contributed by atoms with Gasteiger partial charge in [-0.3, -0.25) is 4.98 Å². The number of anilines is 1. The van der Waals surface area contributed by atoms with Crippen molar-refractivity contribution >= 4 is 33.8 Å². The fourth-order valence-electron chi connectivity index (χ4n) is 4.72. The lowest BCUT2D eigenvalue weighted by Crippen LogP contribution is -2.28. The first-order chi connectivity index (χ1) is 15.0. The normalized spacial score (nSPS) is 19.5. The van der Waals surface area contributed by atoms with Crippen molar-refractivity contribution in [2.45, 2.75) is 44.9 Å². The average molecular weight is 431 g/mol. The van der Waals surface area contributed by atoms with E-state index in [0.29, 0.717) is 24.2 Å². The average Bonchev–Trinajstić information content (AvgIpc) is 2.80. The number of hydrogen-bond donors (Lipinski definition) is 1. The Morgan fingerprint density at radius 2 is 1.90 bits per heavy atom. The SMILES string of the molecule is C#CCc1ccc(NC(=S)C(C)C2CCC(c3ccnc4ccc(F)cc34)CC2)cc1. The van der Waals surface area contributed by atoms with Crippen LogP contribution in [0.3, 0.4) is 0 Å². The van der Waals surface area contributed by atoms with Gasteiger partial charge < -0.3 is 5.32 Å². The van der Waals surface area contributed by atoms with Crippen molar-refractivity contribution in [3.8, 4) is 12.3 Å². The summed E-state index contributed by atoms with van der Waals surface area (Å²) in [6.07, 6.45) is 12.3. The second-order valence-electron chi connectivity index (χ2n) is 8.53. The molecule has 1 aliphatic rings.